The zero-order valence-corrected chi connectivity index (χ0v) is 13.5. The van der Waals surface area contributed by atoms with Crippen molar-refractivity contribution in [3.8, 4) is 5.75 Å². The van der Waals surface area contributed by atoms with Gasteiger partial charge in [0.05, 0.1) is 11.5 Å². The van der Waals surface area contributed by atoms with Crippen molar-refractivity contribution in [1.29, 1.82) is 0 Å². The van der Waals surface area contributed by atoms with Gasteiger partial charge in [-0.3, -0.25) is 4.79 Å². The molecule has 1 heterocycles. The number of nitrogens with one attached hydrogen (secondary N) is 1. The van der Waals surface area contributed by atoms with Crippen LogP contribution in [0.25, 0.3) is 0 Å². The first-order valence-corrected chi connectivity index (χ1v) is 9.02. The molecule has 1 amide bonds. The number of carbonyl (C=O) groups excluding carboxylic acids is 1. The molecule has 1 aromatic rings. The summed E-state index contributed by atoms with van der Waals surface area (Å²) in [4.78, 5) is 11.6. The summed E-state index contributed by atoms with van der Waals surface area (Å²) >= 11 is 3.12. The van der Waals surface area contributed by atoms with Gasteiger partial charge in [-0.2, -0.15) is 0 Å². The van der Waals surface area contributed by atoms with E-state index < -0.39 is 21.6 Å². The van der Waals surface area contributed by atoms with Crippen LogP contribution in [0.4, 0.5) is 4.39 Å². The average Bonchev–Trinajstić information content (AvgIpc) is 2.75. The molecule has 1 atom stereocenters. The van der Waals surface area contributed by atoms with E-state index in [0.717, 1.165) is 0 Å². The van der Waals surface area contributed by atoms with Crippen molar-refractivity contribution in [2.45, 2.75) is 6.42 Å². The molecule has 0 saturated carbocycles. The van der Waals surface area contributed by atoms with E-state index in [1.54, 1.807) is 6.07 Å². The van der Waals surface area contributed by atoms with E-state index in [1.807, 2.05) is 0 Å². The topological polar surface area (TPSA) is 72.5 Å². The van der Waals surface area contributed by atoms with Crippen LogP contribution >= 0.6 is 15.9 Å². The van der Waals surface area contributed by atoms with Crippen molar-refractivity contribution in [3.05, 3.63) is 28.5 Å². The summed E-state index contributed by atoms with van der Waals surface area (Å²) in [5.74, 6) is -0.732. The Labute approximate surface area is 130 Å². The highest BCUT2D eigenvalue weighted by molar-refractivity contribution is 9.10. The fourth-order valence-electron chi connectivity index (χ4n) is 2.08. The second-order valence-electron chi connectivity index (χ2n) is 4.94. The van der Waals surface area contributed by atoms with E-state index in [4.69, 9.17) is 4.74 Å². The third-order valence-electron chi connectivity index (χ3n) is 3.17. The molecule has 5 nitrogen and oxygen atoms in total. The highest BCUT2D eigenvalue weighted by Crippen LogP contribution is 2.21. The maximum Gasteiger partial charge on any atom is 0.257 e. The summed E-state index contributed by atoms with van der Waals surface area (Å²) in [7, 11) is -2.94. The SMILES string of the molecule is O=C(COc1ccc(Br)cc1F)NCC1CCS(=O)(=O)C1. The van der Waals surface area contributed by atoms with Gasteiger partial charge in [-0.1, -0.05) is 15.9 Å². The minimum atomic E-state index is -2.94. The standard InChI is InChI=1S/C13H15BrFNO4S/c14-10-1-2-12(11(15)5-10)20-7-13(17)16-6-9-3-4-21(18,19)8-9/h1-2,5,9H,3-4,6-8H2,(H,16,17). The largest absolute Gasteiger partial charge is 0.481 e. The van der Waals surface area contributed by atoms with E-state index in [-0.39, 0.29) is 29.8 Å². The fraction of sp³-hybridized carbons (Fsp3) is 0.462. The fourth-order valence-corrected chi connectivity index (χ4v) is 4.27. The van der Waals surface area contributed by atoms with Gasteiger partial charge in [0.25, 0.3) is 5.91 Å². The van der Waals surface area contributed by atoms with Gasteiger partial charge in [0.15, 0.2) is 28.0 Å². The lowest BCUT2D eigenvalue weighted by atomic mass is 10.1. The monoisotopic (exact) mass is 379 g/mol. The maximum atomic E-state index is 13.5. The van der Waals surface area contributed by atoms with Gasteiger partial charge in [-0.25, -0.2) is 12.8 Å². The van der Waals surface area contributed by atoms with Crippen LogP contribution in [0.15, 0.2) is 22.7 Å². The molecule has 0 radical (unpaired) electrons. The molecule has 1 aromatic carbocycles. The normalized spacial score (nSPS) is 20.2. The second-order valence-corrected chi connectivity index (χ2v) is 8.08. The lowest BCUT2D eigenvalue weighted by Crippen LogP contribution is -2.33. The third-order valence-corrected chi connectivity index (χ3v) is 5.50. The van der Waals surface area contributed by atoms with Crippen molar-refractivity contribution in [1.82, 2.24) is 5.32 Å². The number of benzene rings is 1. The first-order chi connectivity index (χ1) is 9.85. The number of amides is 1. The van der Waals surface area contributed by atoms with E-state index in [2.05, 4.69) is 21.2 Å². The van der Waals surface area contributed by atoms with Gasteiger partial charge < -0.3 is 10.1 Å². The van der Waals surface area contributed by atoms with Crippen LogP contribution in [0, 0.1) is 11.7 Å². The summed E-state index contributed by atoms with van der Waals surface area (Å²) in [5.41, 5.74) is 0. The zero-order chi connectivity index (χ0) is 15.5. The van der Waals surface area contributed by atoms with Crippen LogP contribution in [-0.2, 0) is 14.6 Å². The molecular formula is C13H15BrFNO4S. The number of carbonyl (C=O) groups is 1. The molecule has 8 heteroatoms. The molecule has 0 bridgehead atoms. The Morgan fingerprint density at radius 3 is 2.86 bits per heavy atom. The summed E-state index contributed by atoms with van der Waals surface area (Å²) in [6.07, 6.45) is 0.560. The molecular weight excluding hydrogens is 365 g/mol. The molecule has 2 rings (SSSR count). The van der Waals surface area contributed by atoms with Crippen molar-refractivity contribution in [2.75, 3.05) is 24.7 Å². The van der Waals surface area contributed by atoms with E-state index >= 15 is 0 Å². The highest BCUT2D eigenvalue weighted by Gasteiger charge is 2.27. The highest BCUT2D eigenvalue weighted by atomic mass is 79.9. The number of halogens is 2. The minimum absolute atomic E-state index is 0.00297. The van der Waals surface area contributed by atoms with Crippen LogP contribution in [0.1, 0.15) is 6.42 Å². The smallest absolute Gasteiger partial charge is 0.257 e. The summed E-state index contributed by atoms with van der Waals surface area (Å²) in [5, 5.41) is 2.60. The quantitative estimate of drug-likeness (QED) is 0.841. The Kier molecular flexibility index (Phi) is 5.21. The summed E-state index contributed by atoms with van der Waals surface area (Å²) in [6.45, 7) is -0.0116. The summed E-state index contributed by atoms with van der Waals surface area (Å²) in [6, 6.07) is 4.28. The number of hydrogen-bond donors (Lipinski definition) is 1. The number of hydrogen-bond acceptors (Lipinski definition) is 4. The molecule has 0 aromatic heterocycles. The number of ether oxygens (including phenoxy) is 1. The molecule has 1 aliphatic heterocycles. The van der Waals surface area contributed by atoms with E-state index in [1.165, 1.54) is 12.1 Å². The molecule has 116 valence electrons. The van der Waals surface area contributed by atoms with Crippen molar-refractivity contribution in [3.63, 3.8) is 0 Å². The van der Waals surface area contributed by atoms with Crippen LogP contribution in [0.3, 0.4) is 0 Å². The molecule has 1 saturated heterocycles. The van der Waals surface area contributed by atoms with Crippen LogP contribution in [0.2, 0.25) is 0 Å². The molecule has 0 aliphatic carbocycles. The van der Waals surface area contributed by atoms with Crippen molar-refractivity contribution in [2.24, 2.45) is 5.92 Å². The summed E-state index contributed by atoms with van der Waals surface area (Å²) < 4.78 is 41.7. The Bertz CT molecular complexity index is 635. The molecule has 1 aliphatic rings. The first kappa shape index (κ1) is 16.2. The van der Waals surface area contributed by atoms with Gasteiger partial charge in [0, 0.05) is 11.0 Å². The molecule has 21 heavy (non-hydrogen) atoms. The molecule has 1 unspecified atom stereocenters. The van der Waals surface area contributed by atoms with Crippen LogP contribution in [0.5, 0.6) is 5.75 Å². The van der Waals surface area contributed by atoms with Gasteiger partial charge in [-0.15, -0.1) is 0 Å². The zero-order valence-electron chi connectivity index (χ0n) is 11.1. The van der Waals surface area contributed by atoms with Crippen LogP contribution in [-0.4, -0.2) is 39.0 Å². The predicted octanol–water partition coefficient (Wildman–Crippen LogP) is 1.52. The van der Waals surface area contributed by atoms with Gasteiger partial charge >= 0.3 is 0 Å². The van der Waals surface area contributed by atoms with Crippen molar-refractivity contribution >= 4 is 31.7 Å². The first-order valence-electron chi connectivity index (χ1n) is 6.41. The van der Waals surface area contributed by atoms with Crippen LogP contribution < -0.4 is 10.1 Å². The van der Waals surface area contributed by atoms with Gasteiger partial charge in [0.1, 0.15) is 0 Å². The van der Waals surface area contributed by atoms with E-state index in [0.29, 0.717) is 17.4 Å². The molecule has 0 spiro atoms. The number of rotatable bonds is 5. The lowest BCUT2D eigenvalue weighted by Gasteiger charge is -2.11. The van der Waals surface area contributed by atoms with Gasteiger partial charge in [-0.05, 0) is 30.5 Å². The lowest BCUT2D eigenvalue weighted by molar-refractivity contribution is -0.123. The van der Waals surface area contributed by atoms with Gasteiger partial charge in [0.2, 0.25) is 0 Å². The molecule has 1 N–H and O–H groups in total. The van der Waals surface area contributed by atoms with Crippen molar-refractivity contribution < 1.29 is 22.3 Å². The Morgan fingerprint density at radius 1 is 1.48 bits per heavy atom. The Balaban J connectivity index is 1.75. The Hall–Kier alpha value is -1.15. The maximum absolute atomic E-state index is 13.5. The molecule has 1 fully saturated rings. The number of sulfone groups is 1. The second kappa shape index (κ2) is 6.74. The third kappa shape index (κ3) is 4.96. The average molecular weight is 380 g/mol. The van der Waals surface area contributed by atoms with E-state index in [9.17, 15) is 17.6 Å². The minimum Gasteiger partial charge on any atom is -0.481 e. The predicted molar refractivity (Wildman–Crippen MR) is 79.4 cm³/mol. The Morgan fingerprint density at radius 2 is 2.24 bits per heavy atom.